The van der Waals surface area contributed by atoms with Gasteiger partial charge >= 0.3 is 5.97 Å². The van der Waals surface area contributed by atoms with Crippen molar-refractivity contribution in [2.45, 2.75) is 25.8 Å². The molecule has 8 heteroatoms. The Morgan fingerprint density at radius 3 is 3.00 bits per heavy atom. The number of aromatic nitrogens is 5. The van der Waals surface area contributed by atoms with E-state index in [2.05, 4.69) is 20.5 Å². The molecule has 1 atom stereocenters. The van der Waals surface area contributed by atoms with E-state index in [1.165, 1.54) is 11.8 Å². The second-order valence-electron chi connectivity index (χ2n) is 4.17. The van der Waals surface area contributed by atoms with Crippen LogP contribution in [0, 0.1) is 0 Å². The molecule has 1 N–H and O–H groups in total. The van der Waals surface area contributed by atoms with Crippen LogP contribution in [0.4, 0.5) is 0 Å². The minimum atomic E-state index is -0.892. The maximum absolute atomic E-state index is 10.9. The minimum absolute atomic E-state index is 0.0445. The zero-order chi connectivity index (χ0) is 14.5. The van der Waals surface area contributed by atoms with Gasteiger partial charge in [-0.15, -0.1) is 5.10 Å². The number of pyridine rings is 1. The number of carbonyl (C=O) groups is 1. The maximum atomic E-state index is 10.9. The molecule has 0 bridgehead atoms. The van der Waals surface area contributed by atoms with Gasteiger partial charge in [0.15, 0.2) is 5.82 Å². The Labute approximate surface area is 115 Å². The molecule has 2 aromatic rings. The van der Waals surface area contributed by atoms with E-state index in [4.69, 9.17) is 9.84 Å². The fraction of sp³-hybridized carbons (Fsp3) is 0.417. The number of carboxylic acid groups (broad SMARTS) is 1. The Bertz CT molecular complexity index is 598. The van der Waals surface area contributed by atoms with Gasteiger partial charge in [0, 0.05) is 6.20 Å². The molecule has 8 nitrogen and oxygen atoms in total. The van der Waals surface area contributed by atoms with Crippen LogP contribution in [-0.2, 0) is 4.79 Å². The molecule has 0 fully saturated rings. The molecule has 0 saturated carbocycles. The topological polar surface area (TPSA) is 103 Å². The van der Waals surface area contributed by atoms with Crippen molar-refractivity contribution < 1.29 is 14.6 Å². The minimum Gasteiger partial charge on any atom is -0.481 e. The SMILES string of the molecule is CCC(CC(=O)O)n1nnnc1-c1cccnc1OC. The summed E-state index contributed by atoms with van der Waals surface area (Å²) in [6.45, 7) is 1.89. The van der Waals surface area contributed by atoms with Crippen LogP contribution in [0.5, 0.6) is 5.88 Å². The van der Waals surface area contributed by atoms with Crippen molar-refractivity contribution >= 4 is 5.97 Å². The first kappa shape index (κ1) is 13.9. The molecular weight excluding hydrogens is 262 g/mol. The number of tetrazole rings is 1. The van der Waals surface area contributed by atoms with Crippen molar-refractivity contribution in [2.75, 3.05) is 7.11 Å². The third kappa shape index (κ3) is 2.73. The predicted molar refractivity (Wildman–Crippen MR) is 69.2 cm³/mol. The standard InChI is InChI=1S/C12H15N5O3/c1-3-8(7-10(18)19)17-11(14-15-16-17)9-5-4-6-13-12(9)20-2/h4-6,8H,3,7H2,1-2H3,(H,18,19). The lowest BCUT2D eigenvalue weighted by Gasteiger charge is -2.14. The first-order chi connectivity index (χ1) is 9.67. The highest BCUT2D eigenvalue weighted by molar-refractivity contribution is 5.67. The molecule has 0 spiro atoms. The summed E-state index contributed by atoms with van der Waals surface area (Å²) in [4.78, 5) is 15.0. The smallest absolute Gasteiger partial charge is 0.305 e. The quantitative estimate of drug-likeness (QED) is 0.845. The van der Waals surface area contributed by atoms with Crippen LogP contribution >= 0.6 is 0 Å². The second-order valence-corrected chi connectivity index (χ2v) is 4.17. The molecule has 1 unspecified atom stereocenters. The number of methoxy groups -OCH3 is 1. The molecule has 106 valence electrons. The van der Waals surface area contributed by atoms with Crippen molar-refractivity contribution in [3.63, 3.8) is 0 Å². The number of aliphatic carboxylic acids is 1. The third-order valence-electron chi connectivity index (χ3n) is 2.93. The Kier molecular flexibility index (Phi) is 4.24. The Hall–Kier alpha value is -2.51. The van der Waals surface area contributed by atoms with Crippen LogP contribution in [0.3, 0.4) is 0 Å². The zero-order valence-corrected chi connectivity index (χ0v) is 11.2. The number of hydrogen-bond acceptors (Lipinski definition) is 6. The predicted octanol–water partition coefficient (Wildman–Crippen LogP) is 1.17. The van der Waals surface area contributed by atoms with Gasteiger partial charge in [0.25, 0.3) is 0 Å². The van der Waals surface area contributed by atoms with E-state index in [0.29, 0.717) is 23.7 Å². The lowest BCUT2D eigenvalue weighted by molar-refractivity contribution is -0.138. The molecule has 0 aliphatic heterocycles. The number of ether oxygens (including phenoxy) is 1. The van der Waals surface area contributed by atoms with Crippen LogP contribution in [0.25, 0.3) is 11.4 Å². The molecule has 0 radical (unpaired) electrons. The summed E-state index contributed by atoms with van der Waals surface area (Å²) in [5, 5.41) is 20.5. The molecule has 0 aliphatic carbocycles. The van der Waals surface area contributed by atoms with Gasteiger partial charge in [0.2, 0.25) is 5.88 Å². The van der Waals surface area contributed by atoms with Crippen molar-refractivity contribution in [3.8, 4) is 17.3 Å². The van der Waals surface area contributed by atoms with Crippen molar-refractivity contribution in [1.82, 2.24) is 25.2 Å². The van der Waals surface area contributed by atoms with Crippen molar-refractivity contribution in [1.29, 1.82) is 0 Å². The number of rotatable bonds is 6. The van der Waals surface area contributed by atoms with E-state index >= 15 is 0 Å². The zero-order valence-electron chi connectivity index (χ0n) is 11.2. The average Bonchev–Trinajstić information content (AvgIpc) is 2.93. The summed E-state index contributed by atoms with van der Waals surface area (Å²) in [6.07, 6.45) is 2.16. The first-order valence-electron chi connectivity index (χ1n) is 6.16. The van der Waals surface area contributed by atoms with Gasteiger partial charge < -0.3 is 9.84 Å². The van der Waals surface area contributed by atoms with E-state index in [0.717, 1.165) is 0 Å². The number of nitrogens with zero attached hydrogens (tertiary/aromatic N) is 5. The van der Waals surface area contributed by atoms with Crippen LogP contribution < -0.4 is 4.74 Å². The lowest BCUT2D eigenvalue weighted by atomic mass is 10.1. The second kappa shape index (κ2) is 6.09. The highest BCUT2D eigenvalue weighted by Crippen LogP contribution is 2.28. The molecule has 2 aromatic heterocycles. The van der Waals surface area contributed by atoms with E-state index < -0.39 is 5.97 Å². The molecule has 0 saturated heterocycles. The fourth-order valence-corrected chi connectivity index (χ4v) is 1.95. The van der Waals surface area contributed by atoms with Gasteiger partial charge in [-0.1, -0.05) is 6.92 Å². The summed E-state index contributed by atoms with van der Waals surface area (Å²) < 4.78 is 6.69. The van der Waals surface area contributed by atoms with Crippen LogP contribution in [-0.4, -0.2) is 43.4 Å². The summed E-state index contributed by atoms with van der Waals surface area (Å²) in [5.41, 5.74) is 0.629. The average molecular weight is 277 g/mol. The highest BCUT2D eigenvalue weighted by Gasteiger charge is 2.21. The summed E-state index contributed by atoms with van der Waals surface area (Å²) >= 11 is 0. The largest absolute Gasteiger partial charge is 0.481 e. The normalized spacial score (nSPS) is 12.1. The molecule has 0 amide bonds. The first-order valence-corrected chi connectivity index (χ1v) is 6.16. The van der Waals surface area contributed by atoms with Gasteiger partial charge in [-0.3, -0.25) is 4.79 Å². The van der Waals surface area contributed by atoms with E-state index in [1.54, 1.807) is 18.3 Å². The van der Waals surface area contributed by atoms with Gasteiger partial charge in [0.1, 0.15) is 0 Å². The monoisotopic (exact) mass is 277 g/mol. The molecule has 0 aliphatic rings. The van der Waals surface area contributed by atoms with Gasteiger partial charge in [-0.2, -0.15) is 0 Å². The van der Waals surface area contributed by atoms with Gasteiger partial charge in [-0.25, -0.2) is 9.67 Å². The Morgan fingerprint density at radius 1 is 1.55 bits per heavy atom. The molecule has 2 heterocycles. The number of carboxylic acids is 1. The highest BCUT2D eigenvalue weighted by atomic mass is 16.5. The molecule has 2 rings (SSSR count). The number of hydrogen-bond donors (Lipinski definition) is 1. The summed E-state index contributed by atoms with van der Waals surface area (Å²) in [7, 11) is 1.51. The summed E-state index contributed by atoms with van der Waals surface area (Å²) in [5.74, 6) is -0.0479. The Balaban J connectivity index is 2.44. The van der Waals surface area contributed by atoms with Crippen molar-refractivity contribution in [2.24, 2.45) is 0 Å². The molecular formula is C12H15N5O3. The van der Waals surface area contributed by atoms with E-state index in [1.807, 2.05) is 6.92 Å². The molecule has 20 heavy (non-hydrogen) atoms. The van der Waals surface area contributed by atoms with Gasteiger partial charge in [-0.05, 0) is 29.0 Å². The van der Waals surface area contributed by atoms with Crippen LogP contribution in [0.15, 0.2) is 18.3 Å². The van der Waals surface area contributed by atoms with Crippen molar-refractivity contribution in [3.05, 3.63) is 18.3 Å². The van der Waals surface area contributed by atoms with Crippen LogP contribution in [0.2, 0.25) is 0 Å². The van der Waals surface area contributed by atoms with E-state index in [-0.39, 0.29) is 12.5 Å². The lowest BCUT2D eigenvalue weighted by Crippen LogP contribution is -2.16. The van der Waals surface area contributed by atoms with Gasteiger partial charge in [0.05, 0.1) is 25.1 Å². The van der Waals surface area contributed by atoms with Crippen LogP contribution in [0.1, 0.15) is 25.8 Å². The molecule has 0 aromatic carbocycles. The Morgan fingerprint density at radius 2 is 2.35 bits per heavy atom. The fourth-order valence-electron chi connectivity index (χ4n) is 1.95. The van der Waals surface area contributed by atoms with E-state index in [9.17, 15) is 4.79 Å². The third-order valence-corrected chi connectivity index (χ3v) is 2.93. The maximum Gasteiger partial charge on any atom is 0.305 e. The summed E-state index contributed by atoms with van der Waals surface area (Å²) in [6, 6.07) is 3.21.